The molecule has 1 heterocycles. The molecule has 0 bridgehead atoms. The third-order valence-corrected chi connectivity index (χ3v) is 3.10. The third-order valence-electron chi connectivity index (χ3n) is 3.10. The highest BCUT2D eigenvalue weighted by atomic mass is 19.3. The van der Waals surface area contributed by atoms with Crippen LogP contribution < -0.4 is 5.73 Å². The van der Waals surface area contributed by atoms with Gasteiger partial charge in [0.15, 0.2) is 0 Å². The van der Waals surface area contributed by atoms with Crippen LogP contribution in [0.5, 0.6) is 0 Å². The van der Waals surface area contributed by atoms with Crippen LogP contribution in [0.2, 0.25) is 0 Å². The molecule has 78 valence electrons. The Hall–Kier alpha value is -1.42. The Morgan fingerprint density at radius 3 is 2.67 bits per heavy atom. The lowest BCUT2D eigenvalue weighted by molar-refractivity contribution is 0.0894. The molecule has 0 radical (unpaired) electrons. The fraction of sp³-hybridized carbons (Fsp3) is 0.273. The average molecular weight is 208 g/mol. The summed E-state index contributed by atoms with van der Waals surface area (Å²) in [5.41, 5.74) is 5.62. The molecule has 1 aliphatic carbocycles. The molecule has 4 heteroatoms. The summed E-state index contributed by atoms with van der Waals surface area (Å²) in [6.07, 6.45) is 1.47. The number of nitrogens with two attached hydrogens (primary N) is 1. The summed E-state index contributed by atoms with van der Waals surface area (Å²) in [7, 11) is 0. The molecule has 0 saturated heterocycles. The van der Waals surface area contributed by atoms with E-state index < -0.39 is 11.5 Å². The molecule has 1 saturated carbocycles. The molecular weight excluding hydrogens is 198 g/mol. The zero-order valence-corrected chi connectivity index (χ0v) is 7.93. The standard InChI is InChI=1S/C11H10F2N2/c12-11(13)6-10(11,14)8-2-1-3-9-7(8)4-5-15-9/h1-5,15H,6,14H2. The lowest BCUT2D eigenvalue weighted by Crippen LogP contribution is -2.27. The number of halogens is 2. The molecule has 3 rings (SSSR count). The van der Waals surface area contributed by atoms with Gasteiger partial charge in [-0.05, 0) is 17.7 Å². The van der Waals surface area contributed by atoms with Gasteiger partial charge in [-0.2, -0.15) is 0 Å². The van der Waals surface area contributed by atoms with Gasteiger partial charge < -0.3 is 10.7 Å². The molecule has 3 N–H and O–H groups in total. The van der Waals surface area contributed by atoms with Crippen molar-refractivity contribution in [1.82, 2.24) is 4.98 Å². The maximum absolute atomic E-state index is 13.2. The van der Waals surface area contributed by atoms with Crippen LogP contribution in [0.25, 0.3) is 10.9 Å². The second-order valence-corrected chi connectivity index (χ2v) is 4.10. The Morgan fingerprint density at radius 2 is 2.00 bits per heavy atom. The first-order valence-electron chi connectivity index (χ1n) is 4.78. The summed E-state index contributed by atoms with van der Waals surface area (Å²) in [6, 6.07) is 7.06. The van der Waals surface area contributed by atoms with Crippen LogP contribution in [0.4, 0.5) is 8.78 Å². The van der Waals surface area contributed by atoms with Crippen molar-refractivity contribution in [3.05, 3.63) is 36.0 Å². The second-order valence-electron chi connectivity index (χ2n) is 4.10. The minimum atomic E-state index is -2.77. The van der Waals surface area contributed by atoms with Crippen LogP contribution >= 0.6 is 0 Å². The van der Waals surface area contributed by atoms with E-state index in [4.69, 9.17) is 5.73 Å². The Morgan fingerprint density at radius 1 is 1.27 bits per heavy atom. The van der Waals surface area contributed by atoms with Gasteiger partial charge in [0.1, 0.15) is 5.54 Å². The van der Waals surface area contributed by atoms with Gasteiger partial charge in [-0.25, -0.2) is 8.78 Å². The maximum atomic E-state index is 13.2. The largest absolute Gasteiger partial charge is 0.361 e. The topological polar surface area (TPSA) is 41.8 Å². The van der Waals surface area contributed by atoms with Gasteiger partial charge in [-0.1, -0.05) is 12.1 Å². The van der Waals surface area contributed by atoms with E-state index in [0.717, 1.165) is 10.9 Å². The van der Waals surface area contributed by atoms with E-state index in [-0.39, 0.29) is 6.42 Å². The first-order chi connectivity index (χ1) is 7.05. The summed E-state index contributed by atoms with van der Waals surface area (Å²) in [4.78, 5) is 2.99. The molecule has 1 aromatic carbocycles. The molecule has 1 atom stereocenters. The smallest absolute Gasteiger partial charge is 0.272 e. The van der Waals surface area contributed by atoms with Crippen LogP contribution in [-0.2, 0) is 5.54 Å². The predicted octanol–water partition coefficient (Wildman–Crippen LogP) is 2.36. The molecular formula is C11H10F2N2. The maximum Gasteiger partial charge on any atom is 0.272 e. The first-order valence-corrected chi connectivity index (χ1v) is 4.78. The molecule has 15 heavy (non-hydrogen) atoms. The highest BCUT2D eigenvalue weighted by Gasteiger charge is 2.70. The van der Waals surface area contributed by atoms with Crippen LogP contribution in [0, 0.1) is 0 Å². The number of rotatable bonds is 1. The van der Waals surface area contributed by atoms with Gasteiger partial charge >= 0.3 is 0 Å². The van der Waals surface area contributed by atoms with Crippen LogP contribution in [0.15, 0.2) is 30.5 Å². The summed E-state index contributed by atoms with van der Waals surface area (Å²) < 4.78 is 26.3. The summed E-state index contributed by atoms with van der Waals surface area (Å²) >= 11 is 0. The van der Waals surface area contributed by atoms with Crippen molar-refractivity contribution in [2.45, 2.75) is 17.9 Å². The van der Waals surface area contributed by atoms with Crippen molar-refractivity contribution in [3.63, 3.8) is 0 Å². The van der Waals surface area contributed by atoms with Gasteiger partial charge in [0.2, 0.25) is 0 Å². The highest BCUT2D eigenvalue weighted by Crippen LogP contribution is 2.58. The lowest BCUT2D eigenvalue weighted by atomic mass is 10.0. The molecule has 1 fully saturated rings. The third kappa shape index (κ3) is 0.997. The number of aromatic nitrogens is 1. The molecule has 0 aliphatic heterocycles. The number of nitrogens with one attached hydrogen (secondary N) is 1. The fourth-order valence-corrected chi connectivity index (χ4v) is 2.07. The van der Waals surface area contributed by atoms with Gasteiger partial charge in [-0.3, -0.25) is 0 Å². The van der Waals surface area contributed by atoms with Crippen molar-refractivity contribution >= 4 is 10.9 Å². The van der Waals surface area contributed by atoms with Crippen LogP contribution in [-0.4, -0.2) is 10.9 Å². The Bertz CT molecular complexity index is 532. The second kappa shape index (κ2) is 2.39. The molecule has 0 amide bonds. The van der Waals surface area contributed by atoms with Crippen LogP contribution in [0.1, 0.15) is 12.0 Å². The number of hydrogen-bond acceptors (Lipinski definition) is 1. The molecule has 1 aromatic heterocycles. The summed E-state index contributed by atoms with van der Waals surface area (Å²) in [5.74, 6) is -2.77. The normalized spacial score (nSPS) is 28.2. The Labute approximate surface area is 85.1 Å². The molecule has 2 aromatic rings. The van der Waals surface area contributed by atoms with E-state index in [9.17, 15) is 8.78 Å². The minimum Gasteiger partial charge on any atom is -0.361 e. The predicted molar refractivity (Wildman–Crippen MR) is 53.7 cm³/mol. The van der Waals surface area contributed by atoms with E-state index in [1.165, 1.54) is 0 Å². The van der Waals surface area contributed by atoms with E-state index in [0.29, 0.717) is 5.56 Å². The van der Waals surface area contributed by atoms with Gasteiger partial charge in [-0.15, -0.1) is 0 Å². The SMILES string of the molecule is NC1(c2cccc3[nH]ccc23)CC1(F)F. The molecule has 1 unspecified atom stereocenters. The zero-order chi connectivity index (χ0) is 10.7. The molecule has 2 nitrogen and oxygen atoms in total. The van der Waals surface area contributed by atoms with Crippen molar-refractivity contribution < 1.29 is 8.78 Å². The zero-order valence-electron chi connectivity index (χ0n) is 7.93. The number of hydrogen-bond donors (Lipinski definition) is 2. The lowest BCUT2D eigenvalue weighted by Gasteiger charge is -2.11. The highest BCUT2D eigenvalue weighted by molar-refractivity contribution is 5.84. The Balaban J connectivity index is 2.24. The van der Waals surface area contributed by atoms with Gasteiger partial charge in [0, 0.05) is 23.5 Å². The summed E-state index contributed by atoms with van der Waals surface area (Å²) in [5, 5.41) is 0.789. The minimum absolute atomic E-state index is 0.260. The van der Waals surface area contributed by atoms with E-state index in [2.05, 4.69) is 4.98 Å². The van der Waals surface area contributed by atoms with Crippen molar-refractivity contribution in [1.29, 1.82) is 0 Å². The number of fused-ring (bicyclic) bond motifs is 1. The van der Waals surface area contributed by atoms with Gasteiger partial charge in [0.05, 0.1) is 0 Å². The van der Waals surface area contributed by atoms with E-state index in [1.54, 1.807) is 24.4 Å². The first kappa shape index (κ1) is 8.85. The van der Waals surface area contributed by atoms with Gasteiger partial charge in [0.25, 0.3) is 5.92 Å². The van der Waals surface area contributed by atoms with E-state index in [1.807, 2.05) is 6.07 Å². The van der Waals surface area contributed by atoms with Crippen LogP contribution in [0.3, 0.4) is 0 Å². The average Bonchev–Trinajstić information content (AvgIpc) is 2.61. The number of H-pyrrole nitrogens is 1. The quantitative estimate of drug-likeness (QED) is 0.742. The monoisotopic (exact) mass is 208 g/mol. The van der Waals surface area contributed by atoms with E-state index >= 15 is 0 Å². The van der Waals surface area contributed by atoms with Crippen molar-refractivity contribution in [2.24, 2.45) is 5.73 Å². The fourth-order valence-electron chi connectivity index (χ4n) is 2.07. The van der Waals surface area contributed by atoms with Crippen molar-refractivity contribution in [2.75, 3.05) is 0 Å². The summed E-state index contributed by atoms with van der Waals surface area (Å²) in [6.45, 7) is 0. The molecule has 1 aliphatic rings. The molecule has 0 spiro atoms. The number of aromatic amines is 1. The number of benzene rings is 1. The van der Waals surface area contributed by atoms with Crippen molar-refractivity contribution in [3.8, 4) is 0 Å². The number of alkyl halides is 2. The Kier molecular flexibility index (Phi) is 1.41.